The number of hydrogen-bond donors (Lipinski definition) is 1. The van der Waals surface area contributed by atoms with Crippen molar-refractivity contribution in [1.29, 1.82) is 0 Å². The van der Waals surface area contributed by atoms with Crippen LogP contribution >= 0.6 is 0 Å². The summed E-state index contributed by atoms with van der Waals surface area (Å²) in [4.78, 5) is 2.12. The highest BCUT2D eigenvalue weighted by Gasteiger charge is 2.07. The van der Waals surface area contributed by atoms with E-state index in [4.69, 9.17) is 0 Å². The van der Waals surface area contributed by atoms with Gasteiger partial charge in [-0.25, -0.2) is 0 Å². The number of para-hydroxylation sites is 1. The molecule has 2 heteroatoms. The summed E-state index contributed by atoms with van der Waals surface area (Å²) >= 11 is 0. The standard InChI is InChI=1S/C14H20N2/c1-5-8-12(2)16(4)14-10-7-6-9-13(14)11-15-3/h5-7,9-10,15H,1-2,8,11H2,3-4H3. The van der Waals surface area contributed by atoms with E-state index in [1.165, 1.54) is 11.3 Å². The first-order valence-corrected chi connectivity index (χ1v) is 5.45. The highest BCUT2D eigenvalue weighted by Crippen LogP contribution is 2.23. The van der Waals surface area contributed by atoms with E-state index >= 15 is 0 Å². The van der Waals surface area contributed by atoms with Crippen molar-refractivity contribution >= 4 is 5.69 Å². The van der Waals surface area contributed by atoms with Crippen LogP contribution in [-0.2, 0) is 6.54 Å². The van der Waals surface area contributed by atoms with Gasteiger partial charge in [-0.3, -0.25) is 0 Å². The summed E-state index contributed by atoms with van der Waals surface area (Å²) in [6.07, 6.45) is 2.68. The van der Waals surface area contributed by atoms with Crippen molar-refractivity contribution in [2.75, 3.05) is 19.0 Å². The maximum absolute atomic E-state index is 4.06. The van der Waals surface area contributed by atoms with Crippen LogP contribution in [-0.4, -0.2) is 14.1 Å². The average Bonchev–Trinajstić information content (AvgIpc) is 2.29. The van der Waals surface area contributed by atoms with Crippen molar-refractivity contribution in [3.05, 3.63) is 54.8 Å². The summed E-state index contributed by atoms with van der Waals surface area (Å²) in [7, 11) is 4.00. The lowest BCUT2D eigenvalue weighted by atomic mass is 10.1. The molecule has 0 aliphatic heterocycles. The summed E-state index contributed by atoms with van der Waals surface area (Å²) in [6, 6.07) is 8.34. The Labute approximate surface area is 98.3 Å². The first-order valence-electron chi connectivity index (χ1n) is 5.45. The third-order valence-electron chi connectivity index (χ3n) is 2.57. The van der Waals surface area contributed by atoms with Crippen molar-refractivity contribution in [3.8, 4) is 0 Å². The van der Waals surface area contributed by atoms with Gasteiger partial charge in [-0.2, -0.15) is 0 Å². The molecule has 16 heavy (non-hydrogen) atoms. The Hall–Kier alpha value is -1.54. The van der Waals surface area contributed by atoms with E-state index in [1.54, 1.807) is 0 Å². The Bertz CT molecular complexity index is 369. The molecule has 1 aromatic rings. The van der Waals surface area contributed by atoms with Gasteiger partial charge < -0.3 is 10.2 Å². The molecule has 1 N–H and O–H groups in total. The van der Waals surface area contributed by atoms with Crippen LogP contribution in [0.4, 0.5) is 5.69 Å². The fourth-order valence-corrected chi connectivity index (χ4v) is 1.65. The van der Waals surface area contributed by atoms with Crippen molar-refractivity contribution in [2.45, 2.75) is 13.0 Å². The van der Waals surface area contributed by atoms with Gasteiger partial charge in [-0.1, -0.05) is 30.9 Å². The van der Waals surface area contributed by atoms with Crippen LogP contribution in [0, 0.1) is 0 Å². The number of nitrogens with one attached hydrogen (secondary N) is 1. The van der Waals surface area contributed by atoms with E-state index in [2.05, 4.69) is 41.6 Å². The van der Waals surface area contributed by atoms with Crippen LogP contribution in [0.2, 0.25) is 0 Å². The Morgan fingerprint density at radius 2 is 2.12 bits per heavy atom. The molecule has 0 fully saturated rings. The number of nitrogens with zero attached hydrogens (tertiary/aromatic N) is 1. The second-order valence-corrected chi connectivity index (χ2v) is 3.78. The van der Waals surface area contributed by atoms with Gasteiger partial charge in [-0.05, 0) is 18.7 Å². The maximum atomic E-state index is 4.06. The Kier molecular flexibility index (Phi) is 4.80. The van der Waals surface area contributed by atoms with Gasteiger partial charge in [0.2, 0.25) is 0 Å². The third kappa shape index (κ3) is 2.97. The molecule has 0 aliphatic carbocycles. The van der Waals surface area contributed by atoms with Crippen LogP contribution in [0.3, 0.4) is 0 Å². The van der Waals surface area contributed by atoms with Crippen LogP contribution in [0.5, 0.6) is 0 Å². The topological polar surface area (TPSA) is 15.3 Å². The SMILES string of the molecule is C=CCC(=C)N(C)c1ccccc1CNC. The molecule has 0 spiro atoms. The lowest BCUT2D eigenvalue weighted by Gasteiger charge is -2.24. The normalized spacial score (nSPS) is 9.88. The molecule has 0 saturated carbocycles. The lowest BCUT2D eigenvalue weighted by molar-refractivity contribution is 0.813. The minimum atomic E-state index is 0.810. The van der Waals surface area contributed by atoms with Crippen LogP contribution < -0.4 is 10.2 Å². The van der Waals surface area contributed by atoms with Crippen LogP contribution in [0.1, 0.15) is 12.0 Å². The first-order chi connectivity index (χ1) is 7.70. The van der Waals surface area contributed by atoms with Crippen LogP contribution in [0.25, 0.3) is 0 Å². The molecule has 1 rings (SSSR count). The maximum Gasteiger partial charge on any atom is 0.0451 e. The second-order valence-electron chi connectivity index (χ2n) is 3.78. The van der Waals surface area contributed by atoms with Crippen molar-refractivity contribution < 1.29 is 0 Å². The highest BCUT2D eigenvalue weighted by molar-refractivity contribution is 5.57. The summed E-state index contributed by atoms with van der Waals surface area (Å²) in [5, 5.41) is 3.17. The van der Waals surface area contributed by atoms with E-state index in [0.29, 0.717) is 0 Å². The zero-order chi connectivity index (χ0) is 12.0. The summed E-state index contributed by atoms with van der Waals surface area (Å²) in [5.41, 5.74) is 3.53. The summed E-state index contributed by atoms with van der Waals surface area (Å²) in [6.45, 7) is 8.65. The van der Waals surface area contributed by atoms with E-state index in [9.17, 15) is 0 Å². The van der Waals surface area contributed by atoms with Gasteiger partial charge in [0.05, 0.1) is 0 Å². The molecule has 0 saturated heterocycles. The Morgan fingerprint density at radius 1 is 1.44 bits per heavy atom. The molecule has 0 atom stereocenters. The molecule has 0 aromatic heterocycles. The van der Waals surface area contributed by atoms with Crippen molar-refractivity contribution in [3.63, 3.8) is 0 Å². The fourth-order valence-electron chi connectivity index (χ4n) is 1.65. The van der Waals surface area contributed by atoms with Gasteiger partial charge in [0.1, 0.15) is 0 Å². The van der Waals surface area contributed by atoms with Crippen molar-refractivity contribution in [2.24, 2.45) is 0 Å². The fraction of sp³-hybridized carbons (Fsp3) is 0.286. The van der Waals surface area contributed by atoms with Gasteiger partial charge in [0.25, 0.3) is 0 Å². The number of rotatable bonds is 6. The molecule has 1 aromatic carbocycles. The average molecular weight is 216 g/mol. The van der Waals surface area contributed by atoms with E-state index in [0.717, 1.165) is 18.7 Å². The smallest absolute Gasteiger partial charge is 0.0451 e. The highest BCUT2D eigenvalue weighted by atomic mass is 15.1. The molecule has 0 aliphatic rings. The number of anilines is 1. The largest absolute Gasteiger partial charge is 0.348 e. The molecular weight excluding hydrogens is 196 g/mol. The number of benzene rings is 1. The zero-order valence-corrected chi connectivity index (χ0v) is 10.2. The van der Waals surface area contributed by atoms with Crippen molar-refractivity contribution in [1.82, 2.24) is 5.32 Å². The molecule has 0 unspecified atom stereocenters. The number of allylic oxidation sites excluding steroid dienone is 1. The number of hydrogen-bond acceptors (Lipinski definition) is 2. The van der Waals surface area contributed by atoms with E-state index in [-0.39, 0.29) is 0 Å². The van der Waals surface area contributed by atoms with Gasteiger partial charge in [0, 0.05) is 31.4 Å². The predicted octanol–water partition coefficient (Wildman–Crippen LogP) is 2.93. The molecule has 0 bridgehead atoms. The predicted molar refractivity (Wildman–Crippen MR) is 71.6 cm³/mol. The van der Waals surface area contributed by atoms with E-state index < -0.39 is 0 Å². The van der Waals surface area contributed by atoms with Gasteiger partial charge in [-0.15, -0.1) is 6.58 Å². The van der Waals surface area contributed by atoms with Gasteiger partial charge in [0.15, 0.2) is 0 Å². The zero-order valence-electron chi connectivity index (χ0n) is 10.2. The van der Waals surface area contributed by atoms with E-state index in [1.807, 2.05) is 26.2 Å². The first kappa shape index (κ1) is 12.5. The summed E-state index contributed by atoms with van der Waals surface area (Å²) in [5.74, 6) is 0. The molecule has 2 nitrogen and oxygen atoms in total. The Morgan fingerprint density at radius 3 is 2.75 bits per heavy atom. The Balaban J connectivity index is 2.93. The summed E-state index contributed by atoms with van der Waals surface area (Å²) < 4.78 is 0. The van der Waals surface area contributed by atoms with Gasteiger partial charge >= 0.3 is 0 Å². The molecule has 0 radical (unpaired) electrons. The second kappa shape index (κ2) is 6.13. The molecular formula is C14H20N2. The molecule has 86 valence electrons. The van der Waals surface area contributed by atoms with Crippen LogP contribution in [0.15, 0.2) is 49.2 Å². The molecule has 0 amide bonds. The minimum Gasteiger partial charge on any atom is -0.348 e. The monoisotopic (exact) mass is 216 g/mol. The molecule has 0 heterocycles. The minimum absolute atomic E-state index is 0.810. The lowest BCUT2D eigenvalue weighted by Crippen LogP contribution is -2.18. The third-order valence-corrected chi connectivity index (χ3v) is 2.57. The quantitative estimate of drug-likeness (QED) is 0.735.